The van der Waals surface area contributed by atoms with E-state index in [2.05, 4.69) is 17.6 Å². The quantitative estimate of drug-likeness (QED) is 0.706. The van der Waals surface area contributed by atoms with Crippen LogP contribution < -0.4 is 10.6 Å². The van der Waals surface area contributed by atoms with Gasteiger partial charge in [0.15, 0.2) is 0 Å². The van der Waals surface area contributed by atoms with Crippen LogP contribution >= 0.6 is 0 Å². The molecule has 2 rings (SSSR count). The van der Waals surface area contributed by atoms with Gasteiger partial charge < -0.3 is 15.4 Å². The maximum absolute atomic E-state index is 11.7. The largest absolute Gasteiger partial charge is 0.381 e. The van der Waals surface area contributed by atoms with Gasteiger partial charge in [0.2, 0.25) is 5.91 Å². The summed E-state index contributed by atoms with van der Waals surface area (Å²) in [5.41, 5.74) is 0. The van der Waals surface area contributed by atoms with Gasteiger partial charge in [-0.2, -0.15) is 0 Å². The molecule has 86 valence electrons. The van der Waals surface area contributed by atoms with Crippen LogP contribution in [-0.4, -0.2) is 37.7 Å². The molecule has 15 heavy (non-hydrogen) atoms. The second-order valence-corrected chi connectivity index (χ2v) is 4.54. The maximum Gasteiger partial charge on any atom is 0.237 e. The zero-order chi connectivity index (χ0) is 10.7. The molecule has 1 unspecified atom stereocenters. The van der Waals surface area contributed by atoms with Crippen LogP contribution in [0.25, 0.3) is 0 Å². The molecular weight excluding hydrogens is 192 g/mol. The first kappa shape index (κ1) is 10.9. The molecular formula is C11H20N2O2. The summed E-state index contributed by atoms with van der Waals surface area (Å²) in [6.07, 6.45) is 3.12. The van der Waals surface area contributed by atoms with Gasteiger partial charge in [0.25, 0.3) is 0 Å². The summed E-state index contributed by atoms with van der Waals surface area (Å²) in [7, 11) is 0. The van der Waals surface area contributed by atoms with Crippen molar-refractivity contribution in [3.8, 4) is 0 Å². The Morgan fingerprint density at radius 3 is 2.60 bits per heavy atom. The van der Waals surface area contributed by atoms with Crippen LogP contribution in [-0.2, 0) is 9.53 Å². The van der Waals surface area contributed by atoms with Crippen LogP contribution in [0.5, 0.6) is 0 Å². The molecule has 4 heteroatoms. The molecule has 2 N–H and O–H groups in total. The van der Waals surface area contributed by atoms with Crippen molar-refractivity contribution in [2.24, 2.45) is 5.92 Å². The summed E-state index contributed by atoms with van der Waals surface area (Å²) in [4.78, 5) is 11.7. The Morgan fingerprint density at radius 1 is 1.40 bits per heavy atom. The van der Waals surface area contributed by atoms with E-state index < -0.39 is 0 Å². The van der Waals surface area contributed by atoms with E-state index in [4.69, 9.17) is 4.74 Å². The number of amides is 1. The van der Waals surface area contributed by atoms with E-state index in [1.165, 1.54) is 0 Å². The van der Waals surface area contributed by atoms with E-state index >= 15 is 0 Å². The molecule has 2 aliphatic rings. The smallest absolute Gasteiger partial charge is 0.237 e. The Kier molecular flexibility index (Phi) is 3.59. The maximum atomic E-state index is 11.7. The fourth-order valence-corrected chi connectivity index (χ4v) is 2.17. The van der Waals surface area contributed by atoms with Crippen molar-refractivity contribution in [1.29, 1.82) is 0 Å². The fraction of sp³-hybridized carbons (Fsp3) is 0.909. The molecule has 0 saturated carbocycles. The molecule has 0 aliphatic carbocycles. The standard InChI is InChI=1S/C11H20N2O2/c1-8(9-3-6-15-7-4-9)13-11(14)10-2-5-12-10/h8-10,12H,2-7H2,1H3,(H,13,14)/t8?,10-/m1/s1. The Hall–Kier alpha value is -0.610. The molecule has 4 nitrogen and oxygen atoms in total. The number of ether oxygens (including phenoxy) is 1. The van der Waals surface area contributed by atoms with E-state index in [1.54, 1.807) is 0 Å². The van der Waals surface area contributed by atoms with Gasteiger partial charge >= 0.3 is 0 Å². The van der Waals surface area contributed by atoms with E-state index in [1.807, 2.05) is 0 Å². The predicted octanol–water partition coefficient (Wildman–Crippen LogP) is 0.280. The highest BCUT2D eigenvalue weighted by Gasteiger charge is 2.28. The molecule has 0 aromatic heterocycles. The lowest BCUT2D eigenvalue weighted by Gasteiger charge is -2.32. The van der Waals surface area contributed by atoms with E-state index in [9.17, 15) is 4.79 Å². The highest BCUT2D eigenvalue weighted by molar-refractivity contribution is 5.82. The minimum Gasteiger partial charge on any atom is -0.381 e. The number of hydrogen-bond donors (Lipinski definition) is 2. The average Bonchev–Trinajstić information content (AvgIpc) is 2.16. The molecule has 0 radical (unpaired) electrons. The summed E-state index contributed by atoms with van der Waals surface area (Å²) in [5, 5.41) is 6.21. The van der Waals surface area contributed by atoms with Gasteiger partial charge in [-0.05, 0) is 38.6 Å². The summed E-state index contributed by atoms with van der Waals surface area (Å²) in [6.45, 7) is 4.76. The lowest BCUT2D eigenvalue weighted by atomic mass is 9.92. The summed E-state index contributed by atoms with van der Waals surface area (Å²) < 4.78 is 5.31. The zero-order valence-corrected chi connectivity index (χ0v) is 9.29. The van der Waals surface area contributed by atoms with Crippen LogP contribution in [0, 0.1) is 5.92 Å². The Morgan fingerprint density at radius 2 is 2.07 bits per heavy atom. The third kappa shape index (κ3) is 2.69. The van der Waals surface area contributed by atoms with Crippen molar-refractivity contribution in [3.05, 3.63) is 0 Å². The summed E-state index contributed by atoms with van der Waals surface area (Å²) in [5.74, 6) is 0.753. The lowest BCUT2D eigenvalue weighted by molar-refractivity contribution is -0.126. The predicted molar refractivity (Wildman–Crippen MR) is 57.6 cm³/mol. The molecule has 2 heterocycles. The van der Waals surface area contributed by atoms with Gasteiger partial charge in [-0.15, -0.1) is 0 Å². The van der Waals surface area contributed by atoms with Crippen molar-refractivity contribution < 1.29 is 9.53 Å². The van der Waals surface area contributed by atoms with Crippen LogP contribution in [0.3, 0.4) is 0 Å². The van der Waals surface area contributed by atoms with E-state index in [0.29, 0.717) is 5.92 Å². The normalized spacial score (nSPS) is 29.3. The third-order valence-corrected chi connectivity index (χ3v) is 3.48. The monoisotopic (exact) mass is 212 g/mol. The Balaban J connectivity index is 1.74. The van der Waals surface area contributed by atoms with Crippen molar-refractivity contribution in [2.45, 2.75) is 38.3 Å². The first-order valence-corrected chi connectivity index (χ1v) is 5.89. The Bertz CT molecular complexity index is 223. The molecule has 0 aromatic carbocycles. The first-order valence-electron chi connectivity index (χ1n) is 5.89. The molecule has 1 amide bonds. The summed E-state index contributed by atoms with van der Waals surface area (Å²) >= 11 is 0. The molecule has 0 spiro atoms. The first-order chi connectivity index (χ1) is 7.27. The average molecular weight is 212 g/mol. The molecule has 0 aromatic rings. The van der Waals surface area contributed by atoms with Crippen molar-refractivity contribution in [1.82, 2.24) is 10.6 Å². The highest BCUT2D eigenvalue weighted by atomic mass is 16.5. The SMILES string of the molecule is CC(NC(=O)[C@H]1CCN1)C1CCOCC1. The fourth-order valence-electron chi connectivity index (χ4n) is 2.17. The van der Waals surface area contributed by atoms with Gasteiger partial charge in [-0.3, -0.25) is 4.79 Å². The minimum atomic E-state index is 0.0623. The Labute approximate surface area is 90.8 Å². The minimum absolute atomic E-state index is 0.0623. The second-order valence-electron chi connectivity index (χ2n) is 4.54. The number of hydrogen-bond acceptors (Lipinski definition) is 3. The van der Waals surface area contributed by atoms with Gasteiger partial charge in [0.05, 0.1) is 6.04 Å². The number of nitrogens with one attached hydrogen (secondary N) is 2. The number of carbonyl (C=O) groups excluding carboxylic acids is 1. The van der Waals surface area contributed by atoms with Crippen LogP contribution in [0.1, 0.15) is 26.2 Å². The summed E-state index contributed by atoms with van der Waals surface area (Å²) in [6, 6.07) is 0.344. The van der Waals surface area contributed by atoms with Crippen molar-refractivity contribution in [3.63, 3.8) is 0 Å². The highest BCUT2D eigenvalue weighted by Crippen LogP contribution is 2.18. The van der Waals surface area contributed by atoms with Crippen molar-refractivity contribution >= 4 is 5.91 Å². The lowest BCUT2D eigenvalue weighted by Crippen LogP contribution is -2.55. The van der Waals surface area contributed by atoms with E-state index in [-0.39, 0.29) is 18.0 Å². The van der Waals surface area contributed by atoms with Crippen molar-refractivity contribution in [2.75, 3.05) is 19.8 Å². The van der Waals surface area contributed by atoms with Gasteiger partial charge in [0, 0.05) is 19.3 Å². The second kappa shape index (κ2) is 4.94. The van der Waals surface area contributed by atoms with Gasteiger partial charge in [-0.25, -0.2) is 0 Å². The number of rotatable bonds is 3. The molecule has 0 bridgehead atoms. The topological polar surface area (TPSA) is 50.4 Å². The zero-order valence-electron chi connectivity index (χ0n) is 9.29. The third-order valence-electron chi connectivity index (χ3n) is 3.48. The van der Waals surface area contributed by atoms with Gasteiger partial charge in [0.1, 0.15) is 0 Å². The van der Waals surface area contributed by atoms with E-state index in [0.717, 1.165) is 39.0 Å². The molecule has 2 atom stereocenters. The molecule has 2 aliphatic heterocycles. The number of carbonyl (C=O) groups is 1. The van der Waals surface area contributed by atoms with Crippen LogP contribution in [0.4, 0.5) is 0 Å². The van der Waals surface area contributed by atoms with Crippen LogP contribution in [0.2, 0.25) is 0 Å². The molecule has 2 saturated heterocycles. The molecule has 2 fully saturated rings. The van der Waals surface area contributed by atoms with Gasteiger partial charge in [-0.1, -0.05) is 0 Å². The van der Waals surface area contributed by atoms with Crippen LogP contribution in [0.15, 0.2) is 0 Å².